The van der Waals surface area contributed by atoms with Gasteiger partial charge < -0.3 is 9.88 Å². The quantitative estimate of drug-likeness (QED) is 0.260. The van der Waals surface area contributed by atoms with Crippen LogP contribution < -0.4 is 0 Å². The molecule has 188 valence electrons. The van der Waals surface area contributed by atoms with Crippen LogP contribution in [-0.4, -0.2) is 46.9 Å². The van der Waals surface area contributed by atoms with Crippen molar-refractivity contribution in [2.24, 2.45) is 0 Å². The topological polar surface area (TPSA) is 103 Å². The fourth-order valence-electron chi connectivity index (χ4n) is 4.54. The molecule has 2 aromatic heterocycles. The average Bonchev–Trinajstić information content (AvgIpc) is 3.57. The maximum absolute atomic E-state index is 13.7. The predicted molar refractivity (Wildman–Crippen MR) is 142 cm³/mol. The van der Waals surface area contributed by atoms with Gasteiger partial charge in [-0.1, -0.05) is 30.3 Å². The fourth-order valence-corrected chi connectivity index (χ4v) is 5.17. The van der Waals surface area contributed by atoms with E-state index in [1.54, 1.807) is 54.7 Å². The van der Waals surface area contributed by atoms with Crippen LogP contribution in [0.2, 0.25) is 0 Å². The Bertz CT molecular complexity index is 1580. The van der Waals surface area contributed by atoms with Crippen molar-refractivity contribution in [1.82, 2.24) is 19.9 Å². The van der Waals surface area contributed by atoms with E-state index >= 15 is 0 Å². The van der Waals surface area contributed by atoms with Crippen molar-refractivity contribution >= 4 is 21.7 Å². The predicted octanol–water partition coefficient (Wildman–Crippen LogP) is 5.51. The number of pyridine rings is 1. The minimum absolute atomic E-state index is 0.0153. The van der Waals surface area contributed by atoms with Gasteiger partial charge in [0.25, 0.3) is 0 Å². The Morgan fingerprint density at radius 1 is 1.11 bits per heavy atom. The van der Waals surface area contributed by atoms with Crippen molar-refractivity contribution in [2.75, 3.05) is 12.8 Å². The Balaban J connectivity index is 1.30. The maximum atomic E-state index is 13.7. The molecule has 37 heavy (non-hydrogen) atoms. The van der Waals surface area contributed by atoms with Gasteiger partial charge in [-0.3, -0.25) is 5.41 Å². The first-order valence-corrected chi connectivity index (χ1v) is 13.8. The Labute approximate surface area is 215 Å². The van der Waals surface area contributed by atoms with Gasteiger partial charge in [-0.25, -0.2) is 22.8 Å². The van der Waals surface area contributed by atoms with Gasteiger partial charge >= 0.3 is 0 Å². The number of halogens is 1. The van der Waals surface area contributed by atoms with Gasteiger partial charge in [0.05, 0.1) is 34.2 Å². The van der Waals surface area contributed by atoms with Gasteiger partial charge in [-0.05, 0) is 67.0 Å². The number of H-pyrrole nitrogens is 1. The Morgan fingerprint density at radius 2 is 1.86 bits per heavy atom. The first-order chi connectivity index (χ1) is 17.8. The van der Waals surface area contributed by atoms with Gasteiger partial charge in [-0.15, -0.1) is 0 Å². The number of imidazole rings is 1. The SMILES string of the molecule is CS(=O)(=O)c1ccc(-c2cccc(-c3cnc(/C=C\C(=N)N4CCC[C@@H]4c4cccc(F)c4)[nH]3)n2)cc1. The summed E-state index contributed by atoms with van der Waals surface area (Å²) in [5, 5.41) is 8.57. The lowest BCUT2D eigenvalue weighted by atomic mass is 10.0. The van der Waals surface area contributed by atoms with Crippen LogP contribution in [0.15, 0.2) is 83.9 Å². The van der Waals surface area contributed by atoms with Gasteiger partial charge in [-0.2, -0.15) is 0 Å². The molecule has 2 N–H and O–H groups in total. The monoisotopic (exact) mass is 515 g/mol. The van der Waals surface area contributed by atoms with Gasteiger partial charge in [0.1, 0.15) is 17.5 Å². The summed E-state index contributed by atoms with van der Waals surface area (Å²) in [5.74, 6) is 0.673. The van der Waals surface area contributed by atoms with E-state index in [0.29, 0.717) is 23.0 Å². The highest BCUT2D eigenvalue weighted by atomic mass is 32.2. The summed E-state index contributed by atoms with van der Waals surface area (Å²) < 4.78 is 37.2. The van der Waals surface area contributed by atoms with Crippen LogP contribution >= 0.6 is 0 Å². The highest BCUT2D eigenvalue weighted by Crippen LogP contribution is 2.32. The summed E-state index contributed by atoms with van der Waals surface area (Å²) in [5.41, 5.74) is 3.81. The highest BCUT2D eigenvalue weighted by Gasteiger charge is 2.27. The van der Waals surface area contributed by atoms with Crippen LogP contribution in [0.3, 0.4) is 0 Å². The first-order valence-electron chi connectivity index (χ1n) is 11.9. The number of hydrogen-bond acceptors (Lipinski definition) is 5. The van der Waals surface area contributed by atoms with Crippen molar-refractivity contribution < 1.29 is 12.8 Å². The van der Waals surface area contributed by atoms with E-state index in [1.165, 1.54) is 12.3 Å². The van der Waals surface area contributed by atoms with E-state index in [0.717, 1.165) is 36.2 Å². The zero-order valence-corrected chi connectivity index (χ0v) is 21.0. The van der Waals surface area contributed by atoms with Crippen LogP contribution in [0.1, 0.15) is 30.3 Å². The fraction of sp³-hybridized carbons (Fsp3) is 0.179. The molecule has 0 spiro atoms. The molecule has 5 rings (SSSR count). The molecule has 9 heteroatoms. The molecule has 4 aromatic rings. The summed E-state index contributed by atoms with van der Waals surface area (Å²) in [4.78, 5) is 14.6. The van der Waals surface area contributed by atoms with E-state index in [4.69, 9.17) is 10.4 Å². The molecule has 3 heterocycles. The van der Waals surface area contributed by atoms with Crippen molar-refractivity contribution in [3.63, 3.8) is 0 Å². The number of nitrogens with zero attached hydrogens (tertiary/aromatic N) is 3. The maximum Gasteiger partial charge on any atom is 0.175 e. The number of rotatable bonds is 6. The Hall–Kier alpha value is -4.11. The summed E-state index contributed by atoms with van der Waals surface area (Å²) in [6, 6.07) is 18.8. The lowest BCUT2D eigenvalue weighted by Crippen LogP contribution is -2.28. The number of benzene rings is 2. The van der Waals surface area contributed by atoms with Crippen LogP contribution in [0.25, 0.3) is 28.7 Å². The molecule has 0 aliphatic carbocycles. The average molecular weight is 516 g/mol. The molecule has 0 radical (unpaired) electrons. The molecular formula is C28H26FN5O2S. The van der Waals surface area contributed by atoms with E-state index in [9.17, 15) is 12.8 Å². The number of sulfone groups is 1. The van der Waals surface area contributed by atoms with Crippen LogP contribution in [-0.2, 0) is 9.84 Å². The smallest absolute Gasteiger partial charge is 0.175 e. The second kappa shape index (κ2) is 10.1. The van der Waals surface area contributed by atoms with Crippen molar-refractivity contribution in [1.29, 1.82) is 5.41 Å². The van der Waals surface area contributed by atoms with Gasteiger partial charge in [0.2, 0.25) is 0 Å². The number of nitrogens with one attached hydrogen (secondary N) is 2. The molecule has 1 fully saturated rings. The molecule has 1 aliphatic heterocycles. The van der Waals surface area contributed by atoms with Crippen molar-refractivity contribution in [2.45, 2.75) is 23.8 Å². The molecule has 2 aromatic carbocycles. The third-order valence-electron chi connectivity index (χ3n) is 6.39. The van der Waals surface area contributed by atoms with Crippen LogP contribution in [0, 0.1) is 11.2 Å². The largest absolute Gasteiger partial charge is 0.350 e. The first kappa shape index (κ1) is 24.6. The number of aromatic nitrogens is 3. The normalized spacial score (nSPS) is 15.9. The minimum atomic E-state index is -3.26. The third kappa shape index (κ3) is 5.51. The standard InChI is InChI=1S/C28H26FN5O2S/c1-37(35,36)22-12-10-19(11-13-22)23-7-3-8-24(32-23)25-18-31-28(33-25)15-14-27(30)34-16-4-9-26(34)20-5-2-6-21(29)17-20/h2-3,5-8,10-15,17-18,26,30H,4,9,16H2,1H3,(H,31,33)/b15-14-,30-27?/t26-/m1/s1. The van der Waals surface area contributed by atoms with Crippen LogP contribution in [0.5, 0.6) is 0 Å². The number of hydrogen-bond donors (Lipinski definition) is 2. The molecule has 7 nitrogen and oxygen atoms in total. The summed E-state index contributed by atoms with van der Waals surface area (Å²) in [7, 11) is -3.26. The van der Waals surface area contributed by atoms with Crippen LogP contribution in [0.4, 0.5) is 4.39 Å². The molecule has 0 bridgehead atoms. The molecule has 1 saturated heterocycles. The highest BCUT2D eigenvalue weighted by molar-refractivity contribution is 7.90. The van der Waals surface area contributed by atoms with Crippen molar-refractivity contribution in [3.05, 3.63) is 96.2 Å². The zero-order valence-electron chi connectivity index (χ0n) is 20.2. The lowest BCUT2D eigenvalue weighted by Gasteiger charge is -2.26. The molecular weight excluding hydrogens is 489 g/mol. The second-order valence-corrected chi connectivity index (χ2v) is 11.0. The molecule has 1 aliphatic rings. The van der Waals surface area contributed by atoms with E-state index < -0.39 is 9.84 Å². The Morgan fingerprint density at radius 3 is 2.62 bits per heavy atom. The minimum Gasteiger partial charge on any atom is -0.350 e. The van der Waals surface area contributed by atoms with E-state index in [1.807, 2.05) is 29.2 Å². The summed E-state index contributed by atoms with van der Waals surface area (Å²) in [6.07, 6.45) is 8.15. The Kier molecular flexibility index (Phi) is 6.71. The number of likely N-dealkylation sites (tertiary alicyclic amines) is 1. The number of aromatic amines is 1. The van der Waals surface area contributed by atoms with Crippen molar-refractivity contribution in [3.8, 4) is 22.6 Å². The molecule has 0 amide bonds. The third-order valence-corrected chi connectivity index (χ3v) is 7.52. The van der Waals surface area contributed by atoms with E-state index in [-0.39, 0.29) is 16.8 Å². The second-order valence-electron chi connectivity index (χ2n) is 9.01. The zero-order chi connectivity index (χ0) is 26.0. The lowest BCUT2D eigenvalue weighted by molar-refractivity contribution is 0.399. The van der Waals surface area contributed by atoms with E-state index in [2.05, 4.69) is 9.97 Å². The summed E-state index contributed by atoms with van der Waals surface area (Å²) in [6.45, 7) is 0.746. The van der Waals surface area contributed by atoms with Gasteiger partial charge in [0, 0.05) is 18.4 Å². The molecule has 0 unspecified atom stereocenters. The molecule has 0 saturated carbocycles. The number of amidine groups is 1. The van der Waals surface area contributed by atoms with Gasteiger partial charge in [0.15, 0.2) is 9.84 Å². The summed E-state index contributed by atoms with van der Waals surface area (Å²) >= 11 is 0. The molecule has 1 atom stereocenters.